The Kier molecular flexibility index (Phi) is 3.20. The third-order valence-electron chi connectivity index (χ3n) is 2.50. The van der Waals surface area contributed by atoms with E-state index in [1.807, 2.05) is 0 Å². The quantitative estimate of drug-likeness (QED) is 0.616. The van der Waals surface area contributed by atoms with Crippen molar-refractivity contribution in [3.8, 4) is 0 Å². The summed E-state index contributed by atoms with van der Waals surface area (Å²) in [5.74, 6) is 0. The van der Waals surface area contributed by atoms with Gasteiger partial charge in [-0.3, -0.25) is 4.18 Å². The summed E-state index contributed by atoms with van der Waals surface area (Å²) in [5.41, 5.74) is -3.79. The largest absolute Gasteiger partial charge is 0.523 e. The second-order valence-electron chi connectivity index (χ2n) is 3.80. The SMILES string of the molecule is O=S(=O)(OC1C=Cc2ccccc2C1)C(F)(F)F. The first kappa shape index (κ1) is 13.1. The second-order valence-corrected chi connectivity index (χ2v) is 5.36. The van der Waals surface area contributed by atoms with Gasteiger partial charge in [0.25, 0.3) is 0 Å². The van der Waals surface area contributed by atoms with Crippen LogP contribution < -0.4 is 0 Å². The Bertz CT molecular complexity index is 575. The van der Waals surface area contributed by atoms with E-state index in [9.17, 15) is 21.6 Å². The predicted octanol–water partition coefficient (Wildman–Crippen LogP) is 2.49. The van der Waals surface area contributed by atoms with Gasteiger partial charge in [-0.1, -0.05) is 36.4 Å². The highest BCUT2D eigenvalue weighted by Crippen LogP contribution is 2.28. The van der Waals surface area contributed by atoms with Crippen LogP contribution in [-0.4, -0.2) is 20.0 Å². The molecule has 98 valence electrons. The molecule has 1 aromatic carbocycles. The fourth-order valence-corrected chi connectivity index (χ4v) is 2.23. The topological polar surface area (TPSA) is 43.4 Å². The van der Waals surface area contributed by atoms with Crippen molar-refractivity contribution >= 4 is 16.2 Å². The summed E-state index contributed by atoms with van der Waals surface area (Å²) >= 11 is 0. The molecule has 1 aliphatic rings. The van der Waals surface area contributed by atoms with Crippen LogP contribution in [0, 0.1) is 0 Å². The first-order valence-corrected chi connectivity index (χ1v) is 6.46. The number of benzene rings is 1. The van der Waals surface area contributed by atoms with Crippen LogP contribution >= 0.6 is 0 Å². The predicted molar refractivity (Wildman–Crippen MR) is 59.0 cm³/mol. The van der Waals surface area contributed by atoms with Gasteiger partial charge in [-0.2, -0.15) is 21.6 Å². The number of fused-ring (bicyclic) bond motifs is 1. The summed E-state index contributed by atoms with van der Waals surface area (Å²) < 4.78 is 62.3. The molecule has 0 N–H and O–H groups in total. The summed E-state index contributed by atoms with van der Waals surface area (Å²) in [4.78, 5) is 0. The molecule has 3 nitrogen and oxygen atoms in total. The lowest BCUT2D eigenvalue weighted by molar-refractivity contribution is -0.0559. The molecule has 0 amide bonds. The third kappa shape index (κ3) is 2.56. The Morgan fingerprint density at radius 1 is 1.22 bits per heavy atom. The van der Waals surface area contributed by atoms with Crippen molar-refractivity contribution in [1.82, 2.24) is 0 Å². The van der Waals surface area contributed by atoms with Crippen LogP contribution in [0.25, 0.3) is 6.08 Å². The number of hydrogen-bond donors (Lipinski definition) is 0. The van der Waals surface area contributed by atoms with Crippen LogP contribution in [0.4, 0.5) is 13.2 Å². The Labute approximate surface area is 102 Å². The van der Waals surface area contributed by atoms with Gasteiger partial charge >= 0.3 is 15.6 Å². The molecule has 0 heterocycles. The number of halogens is 3. The van der Waals surface area contributed by atoms with E-state index in [1.165, 1.54) is 6.08 Å². The lowest BCUT2D eigenvalue weighted by atomic mass is 9.96. The monoisotopic (exact) mass is 278 g/mol. The minimum absolute atomic E-state index is 0.0992. The van der Waals surface area contributed by atoms with E-state index in [2.05, 4.69) is 4.18 Å². The van der Waals surface area contributed by atoms with E-state index < -0.39 is 21.7 Å². The number of alkyl halides is 3. The molecule has 0 fully saturated rings. The van der Waals surface area contributed by atoms with Gasteiger partial charge < -0.3 is 0 Å². The third-order valence-corrected chi connectivity index (χ3v) is 3.57. The normalized spacial score (nSPS) is 19.6. The molecule has 1 unspecified atom stereocenters. The molecule has 0 saturated carbocycles. The zero-order chi connectivity index (χ0) is 13.4. The Morgan fingerprint density at radius 3 is 2.56 bits per heavy atom. The summed E-state index contributed by atoms with van der Waals surface area (Å²) in [6.45, 7) is 0. The molecule has 1 atom stereocenters. The van der Waals surface area contributed by atoms with Crippen LogP contribution in [0.1, 0.15) is 11.1 Å². The van der Waals surface area contributed by atoms with Gasteiger partial charge in [-0.05, 0) is 11.1 Å². The number of hydrogen-bond acceptors (Lipinski definition) is 3. The first-order valence-electron chi connectivity index (χ1n) is 5.05. The highest BCUT2D eigenvalue weighted by Gasteiger charge is 2.48. The molecular weight excluding hydrogens is 269 g/mol. The second kappa shape index (κ2) is 4.40. The average Bonchev–Trinajstić information content (AvgIpc) is 2.27. The van der Waals surface area contributed by atoms with E-state index in [0.29, 0.717) is 0 Å². The van der Waals surface area contributed by atoms with Crippen molar-refractivity contribution in [1.29, 1.82) is 0 Å². The Morgan fingerprint density at radius 2 is 1.89 bits per heavy atom. The van der Waals surface area contributed by atoms with E-state index in [0.717, 1.165) is 11.1 Å². The van der Waals surface area contributed by atoms with Gasteiger partial charge in [0.1, 0.15) is 0 Å². The van der Waals surface area contributed by atoms with Gasteiger partial charge in [0, 0.05) is 6.42 Å². The van der Waals surface area contributed by atoms with E-state index in [1.54, 1.807) is 30.3 Å². The van der Waals surface area contributed by atoms with Crippen LogP contribution in [0.5, 0.6) is 0 Å². The molecule has 1 aliphatic carbocycles. The lowest BCUT2D eigenvalue weighted by Crippen LogP contribution is -2.31. The molecule has 0 bridgehead atoms. The van der Waals surface area contributed by atoms with Crippen LogP contribution in [0.3, 0.4) is 0 Å². The zero-order valence-electron chi connectivity index (χ0n) is 9.02. The van der Waals surface area contributed by atoms with Crippen molar-refractivity contribution in [3.63, 3.8) is 0 Å². The highest BCUT2D eigenvalue weighted by atomic mass is 32.2. The van der Waals surface area contributed by atoms with Crippen molar-refractivity contribution in [2.24, 2.45) is 0 Å². The van der Waals surface area contributed by atoms with Gasteiger partial charge in [0.05, 0.1) is 6.10 Å². The first-order chi connectivity index (χ1) is 8.29. The molecule has 1 aromatic rings. The van der Waals surface area contributed by atoms with Crippen molar-refractivity contribution in [3.05, 3.63) is 41.5 Å². The molecule has 18 heavy (non-hydrogen) atoms. The van der Waals surface area contributed by atoms with Crippen LogP contribution in [-0.2, 0) is 20.7 Å². The Hall–Kier alpha value is -1.34. The van der Waals surface area contributed by atoms with Gasteiger partial charge in [0.2, 0.25) is 0 Å². The maximum absolute atomic E-state index is 12.1. The van der Waals surface area contributed by atoms with Gasteiger partial charge in [0.15, 0.2) is 0 Å². The van der Waals surface area contributed by atoms with Crippen LogP contribution in [0.2, 0.25) is 0 Å². The zero-order valence-corrected chi connectivity index (χ0v) is 9.83. The fourth-order valence-electron chi connectivity index (χ4n) is 1.66. The minimum Gasteiger partial charge on any atom is -0.255 e. The molecule has 7 heteroatoms. The summed E-state index contributed by atoms with van der Waals surface area (Å²) in [6, 6.07) is 7.03. The fraction of sp³-hybridized carbons (Fsp3) is 0.273. The summed E-state index contributed by atoms with van der Waals surface area (Å²) in [5, 5.41) is 0. The molecule has 0 spiro atoms. The standard InChI is InChI=1S/C11H9F3O3S/c12-11(13,14)18(15,16)17-10-6-5-8-3-1-2-4-9(8)7-10/h1-6,10H,7H2. The molecular formula is C11H9F3O3S. The highest BCUT2D eigenvalue weighted by molar-refractivity contribution is 7.87. The average molecular weight is 278 g/mol. The van der Waals surface area contributed by atoms with Crippen molar-refractivity contribution in [2.75, 3.05) is 0 Å². The number of rotatable bonds is 2. The summed E-state index contributed by atoms with van der Waals surface area (Å²) in [6.07, 6.45) is 1.84. The maximum Gasteiger partial charge on any atom is 0.523 e. The maximum atomic E-state index is 12.1. The molecule has 0 aliphatic heterocycles. The van der Waals surface area contributed by atoms with Crippen LogP contribution in [0.15, 0.2) is 30.3 Å². The van der Waals surface area contributed by atoms with Crippen molar-refractivity contribution < 1.29 is 25.8 Å². The minimum atomic E-state index is -5.55. The molecule has 0 saturated heterocycles. The molecule has 0 aromatic heterocycles. The lowest BCUT2D eigenvalue weighted by Gasteiger charge is -2.19. The van der Waals surface area contributed by atoms with Gasteiger partial charge in [-0.25, -0.2) is 0 Å². The van der Waals surface area contributed by atoms with Crippen molar-refractivity contribution in [2.45, 2.75) is 18.0 Å². The molecule has 0 radical (unpaired) electrons. The summed E-state index contributed by atoms with van der Waals surface area (Å²) in [7, 11) is -5.55. The van der Waals surface area contributed by atoms with E-state index in [4.69, 9.17) is 0 Å². The Balaban J connectivity index is 2.17. The smallest absolute Gasteiger partial charge is 0.255 e. The van der Waals surface area contributed by atoms with Gasteiger partial charge in [-0.15, -0.1) is 0 Å². The van der Waals surface area contributed by atoms with E-state index in [-0.39, 0.29) is 6.42 Å². The van der Waals surface area contributed by atoms with E-state index >= 15 is 0 Å². The molecule has 2 rings (SSSR count).